The molecule has 5 nitrogen and oxygen atoms in total. The summed E-state index contributed by atoms with van der Waals surface area (Å²) < 4.78 is 0. The molecule has 0 aliphatic carbocycles. The third-order valence-electron chi connectivity index (χ3n) is 2.25. The van der Waals surface area contributed by atoms with Gasteiger partial charge in [0.1, 0.15) is 5.69 Å². The Balaban J connectivity index is 2.39. The molecular formula is C12H12N4O. The van der Waals surface area contributed by atoms with Gasteiger partial charge in [-0.1, -0.05) is 6.07 Å². The summed E-state index contributed by atoms with van der Waals surface area (Å²) in [7, 11) is 3.40. The van der Waals surface area contributed by atoms with E-state index in [0.29, 0.717) is 11.4 Å². The van der Waals surface area contributed by atoms with Crippen molar-refractivity contribution >= 4 is 5.91 Å². The van der Waals surface area contributed by atoms with Crippen LogP contribution in [0.4, 0.5) is 0 Å². The van der Waals surface area contributed by atoms with Crippen LogP contribution in [0.15, 0.2) is 36.7 Å². The molecule has 0 atom stereocenters. The Morgan fingerprint density at radius 1 is 1.18 bits per heavy atom. The van der Waals surface area contributed by atoms with Crippen molar-refractivity contribution in [1.29, 1.82) is 0 Å². The average Bonchev–Trinajstić information content (AvgIpc) is 2.39. The number of hydrogen-bond acceptors (Lipinski definition) is 4. The van der Waals surface area contributed by atoms with Crippen molar-refractivity contribution in [3.05, 3.63) is 42.4 Å². The van der Waals surface area contributed by atoms with Crippen LogP contribution in [0.25, 0.3) is 11.3 Å². The lowest BCUT2D eigenvalue weighted by Crippen LogP contribution is -2.22. The largest absolute Gasteiger partial charge is 0.343 e. The van der Waals surface area contributed by atoms with E-state index in [1.807, 2.05) is 6.07 Å². The van der Waals surface area contributed by atoms with Crippen molar-refractivity contribution in [2.75, 3.05) is 14.1 Å². The van der Waals surface area contributed by atoms with Crippen LogP contribution in [0.1, 0.15) is 10.5 Å². The van der Waals surface area contributed by atoms with E-state index in [4.69, 9.17) is 0 Å². The van der Waals surface area contributed by atoms with Crippen LogP contribution in [-0.2, 0) is 0 Å². The fraction of sp³-hybridized carbons (Fsp3) is 0.167. The summed E-state index contributed by atoms with van der Waals surface area (Å²) in [6, 6.07) is 7.14. The van der Waals surface area contributed by atoms with Gasteiger partial charge in [0.2, 0.25) is 0 Å². The summed E-state index contributed by atoms with van der Waals surface area (Å²) in [5.41, 5.74) is 1.98. The molecule has 0 aromatic carbocycles. The normalized spacial score (nSPS) is 10.0. The summed E-state index contributed by atoms with van der Waals surface area (Å²) in [6.07, 6.45) is 3.21. The summed E-state index contributed by atoms with van der Waals surface area (Å²) in [5.74, 6) is -0.117. The number of pyridine rings is 1. The quantitative estimate of drug-likeness (QED) is 0.776. The van der Waals surface area contributed by atoms with Gasteiger partial charge in [0.15, 0.2) is 0 Å². The molecule has 2 rings (SSSR count). The fourth-order valence-electron chi connectivity index (χ4n) is 1.39. The zero-order chi connectivity index (χ0) is 12.3. The Morgan fingerprint density at radius 3 is 2.65 bits per heavy atom. The first-order chi connectivity index (χ1) is 8.18. The third-order valence-corrected chi connectivity index (χ3v) is 2.25. The molecule has 0 fully saturated rings. The van der Waals surface area contributed by atoms with Crippen LogP contribution in [0, 0.1) is 0 Å². The van der Waals surface area contributed by atoms with E-state index in [-0.39, 0.29) is 5.91 Å². The number of nitrogens with zero attached hydrogens (tertiary/aromatic N) is 4. The highest BCUT2D eigenvalue weighted by Gasteiger charge is 2.10. The van der Waals surface area contributed by atoms with Crippen LogP contribution in [0.2, 0.25) is 0 Å². The monoisotopic (exact) mass is 228 g/mol. The SMILES string of the molecule is CN(C)C(=O)c1cccc(-c2ccnnc2)n1. The highest BCUT2D eigenvalue weighted by Crippen LogP contribution is 2.15. The molecule has 0 aliphatic heterocycles. The number of carbonyl (C=O) groups is 1. The van der Waals surface area contributed by atoms with Gasteiger partial charge >= 0.3 is 0 Å². The van der Waals surface area contributed by atoms with Gasteiger partial charge in [0, 0.05) is 19.7 Å². The molecule has 0 bridgehead atoms. The zero-order valence-corrected chi connectivity index (χ0v) is 9.66. The molecule has 86 valence electrons. The Kier molecular flexibility index (Phi) is 3.09. The van der Waals surface area contributed by atoms with Crippen molar-refractivity contribution in [1.82, 2.24) is 20.1 Å². The van der Waals surface area contributed by atoms with E-state index in [1.165, 1.54) is 4.90 Å². The molecule has 0 saturated carbocycles. The van der Waals surface area contributed by atoms with E-state index in [2.05, 4.69) is 15.2 Å². The predicted octanol–water partition coefficient (Wildman–Crippen LogP) is 1.24. The molecule has 0 aliphatic rings. The maximum atomic E-state index is 11.8. The van der Waals surface area contributed by atoms with Gasteiger partial charge in [-0.25, -0.2) is 4.98 Å². The molecule has 1 amide bonds. The lowest BCUT2D eigenvalue weighted by Gasteiger charge is -2.10. The van der Waals surface area contributed by atoms with Gasteiger partial charge in [0.05, 0.1) is 18.1 Å². The molecule has 0 N–H and O–H groups in total. The Bertz CT molecular complexity index is 525. The second kappa shape index (κ2) is 4.69. The first-order valence-corrected chi connectivity index (χ1v) is 5.14. The van der Waals surface area contributed by atoms with Crippen molar-refractivity contribution in [3.8, 4) is 11.3 Å². The van der Waals surface area contributed by atoms with E-state index in [0.717, 1.165) is 5.56 Å². The minimum Gasteiger partial charge on any atom is -0.343 e. The molecule has 0 spiro atoms. The number of aromatic nitrogens is 3. The number of amides is 1. The molecule has 0 saturated heterocycles. The second-order valence-corrected chi connectivity index (χ2v) is 3.74. The minimum atomic E-state index is -0.117. The van der Waals surface area contributed by atoms with E-state index >= 15 is 0 Å². The number of rotatable bonds is 2. The molecule has 2 aromatic rings. The highest BCUT2D eigenvalue weighted by atomic mass is 16.2. The highest BCUT2D eigenvalue weighted by molar-refractivity contribution is 5.92. The lowest BCUT2D eigenvalue weighted by atomic mass is 10.2. The molecule has 2 heterocycles. The molecule has 5 heteroatoms. The van der Waals surface area contributed by atoms with Gasteiger partial charge in [-0.2, -0.15) is 10.2 Å². The van der Waals surface area contributed by atoms with Crippen molar-refractivity contribution in [2.24, 2.45) is 0 Å². The van der Waals surface area contributed by atoms with Gasteiger partial charge in [0.25, 0.3) is 5.91 Å². The number of hydrogen-bond donors (Lipinski definition) is 0. The first-order valence-electron chi connectivity index (χ1n) is 5.14. The summed E-state index contributed by atoms with van der Waals surface area (Å²) in [6.45, 7) is 0. The maximum Gasteiger partial charge on any atom is 0.271 e. The Morgan fingerprint density at radius 2 is 2.00 bits per heavy atom. The van der Waals surface area contributed by atoms with Gasteiger partial charge in [-0.15, -0.1) is 0 Å². The summed E-state index contributed by atoms with van der Waals surface area (Å²) in [5, 5.41) is 7.49. The number of carbonyl (C=O) groups excluding carboxylic acids is 1. The van der Waals surface area contributed by atoms with E-state index in [9.17, 15) is 4.79 Å². The topological polar surface area (TPSA) is 59.0 Å². The van der Waals surface area contributed by atoms with Crippen molar-refractivity contribution in [3.63, 3.8) is 0 Å². The molecule has 0 unspecified atom stereocenters. The maximum absolute atomic E-state index is 11.8. The lowest BCUT2D eigenvalue weighted by molar-refractivity contribution is 0.0822. The standard InChI is InChI=1S/C12H12N4O/c1-16(2)12(17)11-5-3-4-10(15-11)9-6-7-13-14-8-9/h3-8H,1-2H3. The third kappa shape index (κ3) is 2.44. The first kappa shape index (κ1) is 11.2. The van der Waals surface area contributed by atoms with Crippen LogP contribution in [0.5, 0.6) is 0 Å². The van der Waals surface area contributed by atoms with Crippen LogP contribution >= 0.6 is 0 Å². The second-order valence-electron chi connectivity index (χ2n) is 3.74. The van der Waals surface area contributed by atoms with E-state index < -0.39 is 0 Å². The Hall–Kier alpha value is -2.30. The molecule has 2 aromatic heterocycles. The van der Waals surface area contributed by atoms with Gasteiger partial charge in [-0.05, 0) is 18.2 Å². The average molecular weight is 228 g/mol. The van der Waals surface area contributed by atoms with Crippen molar-refractivity contribution < 1.29 is 4.79 Å². The zero-order valence-electron chi connectivity index (χ0n) is 9.66. The van der Waals surface area contributed by atoms with Crippen LogP contribution < -0.4 is 0 Å². The Labute approximate surface area is 99.1 Å². The van der Waals surface area contributed by atoms with Crippen LogP contribution in [-0.4, -0.2) is 40.1 Å². The summed E-state index contributed by atoms with van der Waals surface area (Å²) in [4.78, 5) is 17.6. The van der Waals surface area contributed by atoms with Crippen molar-refractivity contribution in [2.45, 2.75) is 0 Å². The van der Waals surface area contributed by atoms with Gasteiger partial charge < -0.3 is 4.90 Å². The summed E-state index contributed by atoms with van der Waals surface area (Å²) >= 11 is 0. The minimum absolute atomic E-state index is 0.117. The molecule has 17 heavy (non-hydrogen) atoms. The molecular weight excluding hydrogens is 216 g/mol. The van der Waals surface area contributed by atoms with E-state index in [1.54, 1.807) is 44.7 Å². The predicted molar refractivity (Wildman–Crippen MR) is 63.3 cm³/mol. The van der Waals surface area contributed by atoms with Crippen LogP contribution in [0.3, 0.4) is 0 Å². The smallest absolute Gasteiger partial charge is 0.271 e. The fourth-order valence-corrected chi connectivity index (χ4v) is 1.39. The van der Waals surface area contributed by atoms with Gasteiger partial charge in [-0.3, -0.25) is 4.79 Å². The molecule has 0 radical (unpaired) electrons.